The van der Waals surface area contributed by atoms with Crippen molar-refractivity contribution in [3.63, 3.8) is 0 Å². The maximum atomic E-state index is 5.64. The topological polar surface area (TPSA) is 82.0 Å². The van der Waals surface area contributed by atoms with E-state index in [-0.39, 0.29) is 5.95 Å². The molecular weight excluding hydrogens is 252 g/mol. The van der Waals surface area contributed by atoms with E-state index in [9.17, 15) is 0 Å². The van der Waals surface area contributed by atoms with Gasteiger partial charge in [0.2, 0.25) is 5.95 Å². The van der Waals surface area contributed by atoms with E-state index in [0.29, 0.717) is 6.42 Å². The van der Waals surface area contributed by atoms with Gasteiger partial charge in [-0.05, 0) is 19.9 Å². The summed E-state index contributed by atoms with van der Waals surface area (Å²) < 4.78 is 1.88. The average Bonchev–Trinajstić information content (AvgIpc) is 2.87. The van der Waals surface area contributed by atoms with Gasteiger partial charge in [-0.1, -0.05) is 6.08 Å². The summed E-state index contributed by atoms with van der Waals surface area (Å²) in [4.78, 5) is 12.3. The summed E-state index contributed by atoms with van der Waals surface area (Å²) in [6.07, 6.45) is 9.73. The molecule has 20 heavy (non-hydrogen) atoms. The molecule has 0 bridgehead atoms. The Kier molecular flexibility index (Phi) is 4.60. The lowest BCUT2D eigenvalue weighted by molar-refractivity contribution is 0.652. The largest absolute Gasteiger partial charge is 0.368 e. The van der Waals surface area contributed by atoms with Crippen LogP contribution in [0.25, 0.3) is 11.3 Å². The fraction of sp³-hybridized carbons (Fsp3) is 0.286. The van der Waals surface area contributed by atoms with Crippen LogP contribution in [-0.2, 0) is 13.0 Å². The molecule has 2 rings (SSSR count). The lowest BCUT2D eigenvalue weighted by Gasteiger charge is -1.99. The van der Waals surface area contributed by atoms with Gasteiger partial charge in [0, 0.05) is 43.3 Å². The van der Waals surface area contributed by atoms with Crippen LogP contribution in [0.15, 0.2) is 35.7 Å². The molecule has 2 heterocycles. The van der Waals surface area contributed by atoms with Crippen molar-refractivity contribution in [2.24, 2.45) is 4.99 Å². The van der Waals surface area contributed by atoms with Crippen LogP contribution in [0.1, 0.15) is 19.5 Å². The Morgan fingerprint density at radius 3 is 3.00 bits per heavy atom. The number of allylic oxidation sites excluding steroid dienone is 1. The molecule has 0 fully saturated rings. The number of aromatic nitrogens is 4. The molecule has 2 N–H and O–H groups in total. The number of aliphatic imine (C=N–C) groups is 1. The average molecular weight is 270 g/mol. The van der Waals surface area contributed by atoms with Crippen molar-refractivity contribution in [2.75, 3.05) is 5.73 Å². The van der Waals surface area contributed by atoms with Crippen molar-refractivity contribution in [1.29, 1.82) is 0 Å². The first-order valence-corrected chi connectivity index (χ1v) is 6.52. The minimum atomic E-state index is 0.264. The molecule has 0 aromatic carbocycles. The van der Waals surface area contributed by atoms with Crippen molar-refractivity contribution < 1.29 is 0 Å². The molecule has 0 amide bonds. The molecule has 0 atom stereocenters. The Morgan fingerprint density at radius 1 is 1.45 bits per heavy atom. The molecule has 0 aliphatic carbocycles. The van der Waals surface area contributed by atoms with Crippen molar-refractivity contribution >= 4 is 12.2 Å². The molecule has 2 aromatic rings. The van der Waals surface area contributed by atoms with Crippen LogP contribution in [0.2, 0.25) is 0 Å². The van der Waals surface area contributed by atoms with Gasteiger partial charge in [-0.2, -0.15) is 5.10 Å². The summed E-state index contributed by atoms with van der Waals surface area (Å²) >= 11 is 0. The maximum absolute atomic E-state index is 5.64. The minimum absolute atomic E-state index is 0.264. The number of nitrogen functional groups attached to an aromatic ring is 1. The van der Waals surface area contributed by atoms with Gasteiger partial charge in [0.25, 0.3) is 0 Å². The molecule has 0 aliphatic heterocycles. The first kappa shape index (κ1) is 13.9. The lowest BCUT2D eigenvalue weighted by Crippen LogP contribution is -1.97. The third-order valence-electron chi connectivity index (χ3n) is 2.74. The number of nitrogens with zero attached hydrogens (tertiary/aromatic N) is 5. The summed E-state index contributed by atoms with van der Waals surface area (Å²) in [5.41, 5.74) is 8.32. The summed E-state index contributed by atoms with van der Waals surface area (Å²) in [7, 11) is 0. The van der Waals surface area contributed by atoms with E-state index in [0.717, 1.165) is 23.5 Å². The molecule has 6 nitrogen and oxygen atoms in total. The Labute approximate surface area is 118 Å². The van der Waals surface area contributed by atoms with Crippen LogP contribution in [0.4, 0.5) is 5.95 Å². The maximum Gasteiger partial charge on any atom is 0.220 e. The number of rotatable bonds is 5. The minimum Gasteiger partial charge on any atom is -0.368 e. The van der Waals surface area contributed by atoms with Gasteiger partial charge in [0.05, 0.1) is 11.4 Å². The molecule has 0 aliphatic rings. The highest BCUT2D eigenvalue weighted by atomic mass is 15.3. The van der Waals surface area contributed by atoms with Gasteiger partial charge in [-0.3, -0.25) is 9.67 Å². The summed E-state index contributed by atoms with van der Waals surface area (Å²) in [6.45, 7) is 4.78. The summed E-state index contributed by atoms with van der Waals surface area (Å²) in [6, 6.07) is 1.83. The fourth-order valence-corrected chi connectivity index (χ4v) is 1.80. The van der Waals surface area contributed by atoms with Gasteiger partial charge in [-0.25, -0.2) is 9.97 Å². The van der Waals surface area contributed by atoms with Crippen LogP contribution in [0.3, 0.4) is 0 Å². The monoisotopic (exact) mass is 270 g/mol. The predicted molar refractivity (Wildman–Crippen MR) is 80.3 cm³/mol. The molecule has 6 heteroatoms. The molecule has 2 aromatic heterocycles. The second-order valence-corrected chi connectivity index (χ2v) is 4.16. The quantitative estimate of drug-likeness (QED) is 0.843. The molecule has 104 valence electrons. The van der Waals surface area contributed by atoms with Gasteiger partial charge < -0.3 is 5.73 Å². The van der Waals surface area contributed by atoms with E-state index >= 15 is 0 Å². The first-order chi connectivity index (χ1) is 9.74. The van der Waals surface area contributed by atoms with Crippen LogP contribution >= 0.6 is 0 Å². The molecular formula is C14H18N6. The van der Waals surface area contributed by atoms with Crippen LogP contribution < -0.4 is 5.73 Å². The normalized spacial score (nSPS) is 11.7. The van der Waals surface area contributed by atoms with Crippen LogP contribution in [0.5, 0.6) is 0 Å². The fourth-order valence-electron chi connectivity index (χ4n) is 1.80. The lowest BCUT2D eigenvalue weighted by atomic mass is 10.1. The molecule has 0 saturated carbocycles. The zero-order valence-electron chi connectivity index (χ0n) is 11.7. The van der Waals surface area contributed by atoms with E-state index in [4.69, 9.17) is 5.73 Å². The second-order valence-electron chi connectivity index (χ2n) is 4.16. The van der Waals surface area contributed by atoms with E-state index < -0.39 is 0 Å². The Morgan fingerprint density at radius 2 is 2.30 bits per heavy atom. The molecule has 0 saturated heterocycles. The van der Waals surface area contributed by atoms with Crippen molar-refractivity contribution in [2.45, 2.75) is 26.8 Å². The molecule has 0 unspecified atom stereocenters. The van der Waals surface area contributed by atoms with Gasteiger partial charge in [-0.15, -0.1) is 0 Å². The van der Waals surface area contributed by atoms with E-state index in [2.05, 4.69) is 20.1 Å². The highest BCUT2D eigenvalue weighted by molar-refractivity contribution is 5.69. The van der Waals surface area contributed by atoms with Crippen LogP contribution in [0, 0.1) is 0 Å². The second kappa shape index (κ2) is 6.60. The standard InChI is InChI=1S/C14H18N6/c1-3-7-16-8-5-13-11(10-20(4-2)19-13)12-6-9-17-14(15)18-12/h3,6-10H,4-5H2,1-2H3,(H2,15,17,18)/b7-3-,16-8?. The Balaban J connectivity index is 2.33. The van der Waals surface area contributed by atoms with Crippen molar-refractivity contribution in [3.8, 4) is 11.3 Å². The smallest absolute Gasteiger partial charge is 0.220 e. The molecule has 0 spiro atoms. The summed E-state index contributed by atoms with van der Waals surface area (Å²) in [5.74, 6) is 0.264. The highest BCUT2D eigenvalue weighted by Gasteiger charge is 2.11. The first-order valence-electron chi connectivity index (χ1n) is 6.52. The van der Waals surface area contributed by atoms with Gasteiger partial charge in [0.1, 0.15) is 0 Å². The van der Waals surface area contributed by atoms with E-state index in [1.165, 1.54) is 0 Å². The third kappa shape index (κ3) is 3.28. The zero-order chi connectivity index (χ0) is 14.4. The van der Waals surface area contributed by atoms with E-state index in [1.54, 1.807) is 12.4 Å². The van der Waals surface area contributed by atoms with Crippen molar-refractivity contribution in [1.82, 2.24) is 19.7 Å². The Bertz CT molecular complexity index is 626. The predicted octanol–water partition coefficient (Wildman–Crippen LogP) is 2.09. The SMILES string of the molecule is C/C=C\N=CCc1nn(CC)cc1-c1ccnc(N)n1. The zero-order valence-corrected chi connectivity index (χ0v) is 11.7. The number of anilines is 1. The van der Waals surface area contributed by atoms with E-state index in [1.807, 2.05) is 43.1 Å². The molecule has 0 radical (unpaired) electrons. The highest BCUT2D eigenvalue weighted by Crippen LogP contribution is 2.21. The Hall–Kier alpha value is -2.50. The number of hydrogen-bond donors (Lipinski definition) is 1. The van der Waals surface area contributed by atoms with Crippen molar-refractivity contribution in [3.05, 3.63) is 36.4 Å². The third-order valence-corrected chi connectivity index (χ3v) is 2.74. The van der Waals surface area contributed by atoms with Crippen LogP contribution in [-0.4, -0.2) is 26.0 Å². The van der Waals surface area contributed by atoms with Gasteiger partial charge in [0.15, 0.2) is 0 Å². The number of nitrogens with two attached hydrogens (primary N) is 1. The summed E-state index contributed by atoms with van der Waals surface area (Å²) in [5, 5.41) is 4.53. The number of aryl methyl sites for hydroxylation is 1. The van der Waals surface area contributed by atoms with Gasteiger partial charge >= 0.3 is 0 Å². The number of hydrogen-bond acceptors (Lipinski definition) is 5.